The van der Waals surface area contributed by atoms with Crippen LogP contribution in [0.2, 0.25) is 0 Å². The van der Waals surface area contributed by atoms with Crippen LogP contribution in [0.3, 0.4) is 0 Å². The lowest BCUT2D eigenvalue weighted by Crippen LogP contribution is -2.49. The SMILES string of the molecule is Cc1cccc(NC(=O)CC(=O)N2CCN(c3ccc(C#N)cc3)CC2)c1. The number of hydrogen-bond donors (Lipinski definition) is 1. The first-order valence-corrected chi connectivity index (χ1v) is 8.94. The second-order valence-electron chi connectivity index (χ2n) is 6.62. The van der Waals surface area contributed by atoms with Gasteiger partial charge in [0.1, 0.15) is 6.42 Å². The van der Waals surface area contributed by atoms with Gasteiger partial charge in [-0.05, 0) is 48.9 Å². The van der Waals surface area contributed by atoms with Crippen molar-refractivity contribution < 1.29 is 9.59 Å². The summed E-state index contributed by atoms with van der Waals surface area (Å²) in [6.45, 7) is 4.52. The highest BCUT2D eigenvalue weighted by Gasteiger charge is 2.23. The van der Waals surface area contributed by atoms with Crippen LogP contribution in [0.4, 0.5) is 11.4 Å². The molecule has 0 atom stereocenters. The number of nitriles is 1. The Morgan fingerprint density at radius 3 is 2.41 bits per heavy atom. The highest BCUT2D eigenvalue weighted by atomic mass is 16.2. The van der Waals surface area contributed by atoms with Crippen molar-refractivity contribution >= 4 is 23.2 Å². The highest BCUT2D eigenvalue weighted by molar-refractivity contribution is 6.03. The molecule has 2 aromatic carbocycles. The molecule has 0 aliphatic carbocycles. The van der Waals surface area contributed by atoms with E-state index in [1.807, 2.05) is 43.3 Å². The van der Waals surface area contributed by atoms with Crippen molar-refractivity contribution in [3.8, 4) is 6.07 Å². The van der Waals surface area contributed by atoms with Gasteiger partial charge in [-0.3, -0.25) is 9.59 Å². The summed E-state index contributed by atoms with van der Waals surface area (Å²) >= 11 is 0. The molecule has 1 N–H and O–H groups in total. The summed E-state index contributed by atoms with van der Waals surface area (Å²) in [5, 5.41) is 11.6. The van der Waals surface area contributed by atoms with Gasteiger partial charge in [0.25, 0.3) is 0 Å². The van der Waals surface area contributed by atoms with Gasteiger partial charge in [-0.1, -0.05) is 12.1 Å². The number of carbonyl (C=O) groups is 2. The molecule has 0 radical (unpaired) electrons. The number of nitrogens with zero attached hydrogens (tertiary/aromatic N) is 3. The van der Waals surface area contributed by atoms with Crippen molar-refractivity contribution in [1.82, 2.24) is 4.90 Å². The van der Waals surface area contributed by atoms with Gasteiger partial charge in [-0.15, -0.1) is 0 Å². The average Bonchev–Trinajstić information content (AvgIpc) is 2.68. The minimum atomic E-state index is -0.292. The number of amides is 2. The Morgan fingerprint density at radius 1 is 1.07 bits per heavy atom. The summed E-state index contributed by atoms with van der Waals surface area (Å²) in [7, 11) is 0. The predicted octanol–water partition coefficient (Wildman–Crippen LogP) is 2.54. The Kier molecular flexibility index (Phi) is 5.72. The molecule has 1 aliphatic rings. The van der Waals surface area contributed by atoms with Crippen LogP contribution in [0.15, 0.2) is 48.5 Å². The van der Waals surface area contributed by atoms with Gasteiger partial charge in [-0.25, -0.2) is 0 Å². The molecule has 1 saturated heterocycles. The minimum Gasteiger partial charge on any atom is -0.368 e. The molecule has 0 unspecified atom stereocenters. The molecular formula is C21H22N4O2. The van der Waals surface area contributed by atoms with Gasteiger partial charge in [0.15, 0.2) is 0 Å². The van der Waals surface area contributed by atoms with Crippen molar-refractivity contribution in [1.29, 1.82) is 5.26 Å². The molecule has 1 fully saturated rings. The van der Waals surface area contributed by atoms with E-state index in [-0.39, 0.29) is 18.2 Å². The van der Waals surface area contributed by atoms with Crippen LogP contribution >= 0.6 is 0 Å². The van der Waals surface area contributed by atoms with Crippen LogP contribution in [0, 0.1) is 18.3 Å². The molecule has 27 heavy (non-hydrogen) atoms. The lowest BCUT2D eigenvalue weighted by molar-refractivity contribution is -0.134. The summed E-state index contributed by atoms with van der Waals surface area (Å²) in [6, 6.07) is 17.0. The third-order valence-electron chi connectivity index (χ3n) is 4.61. The Hall–Kier alpha value is -3.33. The number of benzene rings is 2. The van der Waals surface area contributed by atoms with E-state index in [0.29, 0.717) is 37.4 Å². The number of hydrogen-bond acceptors (Lipinski definition) is 4. The topological polar surface area (TPSA) is 76.4 Å². The van der Waals surface area contributed by atoms with Crippen LogP contribution in [0.1, 0.15) is 17.5 Å². The molecular weight excluding hydrogens is 340 g/mol. The van der Waals surface area contributed by atoms with Crippen molar-refractivity contribution in [2.45, 2.75) is 13.3 Å². The molecule has 1 heterocycles. The molecule has 2 amide bonds. The second kappa shape index (κ2) is 8.37. The summed E-state index contributed by atoms with van der Waals surface area (Å²) < 4.78 is 0. The Bertz CT molecular complexity index is 862. The van der Waals surface area contributed by atoms with Crippen LogP contribution in [0.25, 0.3) is 0 Å². The third kappa shape index (κ3) is 4.85. The van der Waals surface area contributed by atoms with E-state index >= 15 is 0 Å². The molecule has 3 rings (SSSR count). The average molecular weight is 362 g/mol. The second-order valence-corrected chi connectivity index (χ2v) is 6.62. The molecule has 6 nitrogen and oxygen atoms in total. The maximum atomic E-state index is 12.4. The van der Waals surface area contributed by atoms with E-state index in [9.17, 15) is 9.59 Å². The van der Waals surface area contributed by atoms with Crippen molar-refractivity contribution in [2.75, 3.05) is 36.4 Å². The fraction of sp³-hybridized carbons (Fsp3) is 0.286. The molecule has 1 aliphatic heterocycles. The largest absolute Gasteiger partial charge is 0.368 e. The number of carbonyl (C=O) groups excluding carboxylic acids is 2. The maximum Gasteiger partial charge on any atom is 0.233 e. The summed E-state index contributed by atoms with van der Waals surface area (Å²) in [5.74, 6) is -0.445. The quantitative estimate of drug-likeness (QED) is 0.848. The molecule has 138 valence electrons. The van der Waals surface area contributed by atoms with E-state index in [0.717, 1.165) is 11.3 Å². The van der Waals surface area contributed by atoms with E-state index in [1.54, 1.807) is 17.0 Å². The molecule has 0 saturated carbocycles. The van der Waals surface area contributed by atoms with Crippen LogP contribution in [-0.4, -0.2) is 42.9 Å². The van der Waals surface area contributed by atoms with Crippen LogP contribution in [0.5, 0.6) is 0 Å². The molecule has 6 heteroatoms. The third-order valence-corrected chi connectivity index (χ3v) is 4.61. The molecule has 2 aromatic rings. The van der Waals surface area contributed by atoms with Gasteiger partial charge in [0.2, 0.25) is 11.8 Å². The number of anilines is 2. The van der Waals surface area contributed by atoms with E-state index in [1.165, 1.54) is 0 Å². The van der Waals surface area contributed by atoms with E-state index < -0.39 is 0 Å². The summed E-state index contributed by atoms with van der Waals surface area (Å²) in [5.41, 5.74) is 3.43. The molecule has 0 spiro atoms. The standard InChI is InChI=1S/C21H22N4O2/c1-16-3-2-4-18(13-16)23-20(26)14-21(27)25-11-9-24(10-12-25)19-7-5-17(15-22)6-8-19/h2-8,13H,9-12,14H2,1H3,(H,23,26). The molecule has 0 bridgehead atoms. The maximum absolute atomic E-state index is 12.4. The Balaban J connectivity index is 1.49. The Morgan fingerprint density at radius 2 is 1.78 bits per heavy atom. The highest BCUT2D eigenvalue weighted by Crippen LogP contribution is 2.17. The summed E-state index contributed by atoms with van der Waals surface area (Å²) in [6.07, 6.45) is -0.148. The fourth-order valence-corrected chi connectivity index (χ4v) is 3.14. The first-order valence-electron chi connectivity index (χ1n) is 8.94. The minimum absolute atomic E-state index is 0.148. The number of nitrogens with one attached hydrogen (secondary N) is 1. The Labute approximate surface area is 159 Å². The zero-order valence-corrected chi connectivity index (χ0v) is 15.3. The lowest BCUT2D eigenvalue weighted by Gasteiger charge is -2.36. The first kappa shape index (κ1) is 18.5. The zero-order valence-electron chi connectivity index (χ0n) is 15.3. The van der Waals surface area contributed by atoms with Gasteiger partial charge < -0.3 is 15.1 Å². The van der Waals surface area contributed by atoms with Gasteiger partial charge in [0.05, 0.1) is 11.6 Å². The number of aryl methyl sites for hydroxylation is 1. The van der Waals surface area contributed by atoms with Crippen molar-refractivity contribution in [2.24, 2.45) is 0 Å². The van der Waals surface area contributed by atoms with Gasteiger partial charge in [-0.2, -0.15) is 5.26 Å². The number of rotatable bonds is 4. The predicted molar refractivity (Wildman–Crippen MR) is 104 cm³/mol. The van der Waals surface area contributed by atoms with E-state index in [2.05, 4.69) is 16.3 Å². The van der Waals surface area contributed by atoms with Crippen molar-refractivity contribution in [3.05, 3.63) is 59.7 Å². The van der Waals surface area contributed by atoms with Crippen LogP contribution < -0.4 is 10.2 Å². The normalized spacial score (nSPS) is 13.8. The van der Waals surface area contributed by atoms with Crippen LogP contribution in [-0.2, 0) is 9.59 Å². The van der Waals surface area contributed by atoms with Crippen molar-refractivity contribution in [3.63, 3.8) is 0 Å². The lowest BCUT2D eigenvalue weighted by atomic mass is 10.2. The van der Waals surface area contributed by atoms with E-state index in [4.69, 9.17) is 5.26 Å². The number of piperazine rings is 1. The summed E-state index contributed by atoms with van der Waals surface area (Å²) in [4.78, 5) is 28.4. The molecule has 0 aromatic heterocycles. The first-order chi connectivity index (χ1) is 13.0. The van der Waals surface area contributed by atoms with Gasteiger partial charge >= 0.3 is 0 Å². The smallest absolute Gasteiger partial charge is 0.233 e. The van der Waals surface area contributed by atoms with Gasteiger partial charge in [0, 0.05) is 37.6 Å². The zero-order chi connectivity index (χ0) is 19.2. The fourth-order valence-electron chi connectivity index (χ4n) is 3.14. The monoisotopic (exact) mass is 362 g/mol.